The normalized spacial score (nSPS) is 26.4. The molecule has 0 aromatic rings. The Morgan fingerprint density at radius 1 is 0.478 bits per heavy atom. The van der Waals surface area contributed by atoms with E-state index in [0.717, 1.165) is 38.5 Å². The molecule has 3 fully saturated rings. The third-order valence-electron chi connectivity index (χ3n) is 5.52. The van der Waals surface area contributed by atoms with Gasteiger partial charge in [0.1, 0.15) is 0 Å². The molecule has 0 aromatic carbocycles. The molecule has 5 heteroatoms. The molecule has 0 heterocycles. The molecule has 3 saturated carbocycles. The van der Waals surface area contributed by atoms with Gasteiger partial charge in [-0.25, -0.2) is 0 Å². The minimum atomic E-state index is -2.37. The van der Waals surface area contributed by atoms with Gasteiger partial charge >= 0.3 is 0 Å². The maximum atomic E-state index is 6.46. The molecule has 0 atom stereocenters. The zero-order valence-corrected chi connectivity index (χ0v) is 16.4. The highest BCUT2D eigenvalue weighted by atomic mass is 31.8. The van der Waals surface area contributed by atoms with E-state index < -0.39 is 7.23 Å². The van der Waals surface area contributed by atoms with Gasteiger partial charge in [0.25, 0.3) is 7.23 Å². The quantitative estimate of drug-likeness (QED) is 0.485. The van der Waals surface area contributed by atoms with Crippen molar-refractivity contribution in [3.63, 3.8) is 0 Å². The maximum Gasteiger partial charge on any atom is 0.277 e. The van der Waals surface area contributed by atoms with Crippen molar-refractivity contribution in [1.29, 1.82) is 0 Å². The number of hydrogen-bond acceptors (Lipinski definition) is 3. The fraction of sp³-hybridized carbons (Fsp3) is 1.00. The first kappa shape index (κ1) is 18.4. The number of rotatable bonds is 6. The molecule has 0 amide bonds. The lowest BCUT2D eigenvalue weighted by molar-refractivity contribution is 0.0331. The van der Waals surface area contributed by atoms with Crippen molar-refractivity contribution in [2.24, 2.45) is 0 Å². The predicted octanol–water partition coefficient (Wildman–Crippen LogP) is 6.85. The second kappa shape index (κ2) is 9.35. The molecule has 0 bridgehead atoms. The fourth-order valence-corrected chi connectivity index (χ4v) is 7.48. The Morgan fingerprint density at radius 3 is 1.00 bits per heavy atom. The molecule has 0 N–H and O–H groups in total. The first-order valence-electron chi connectivity index (χ1n) is 9.93. The largest absolute Gasteiger partial charge is 0.311 e. The molecule has 0 saturated heterocycles. The summed E-state index contributed by atoms with van der Waals surface area (Å²) in [5, 5.41) is 0. The highest BCUT2D eigenvalue weighted by Gasteiger charge is 2.32. The highest BCUT2D eigenvalue weighted by molar-refractivity contribution is 7.89. The highest BCUT2D eigenvalue weighted by Crippen LogP contribution is 2.60. The van der Waals surface area contributed by atoms with Crippen LogP contribution in [-0.4, -0.2) is 18.3 Å². The smallest absolute Gasteiger partial charge is 0.277 e. The van der Waals surface area contributed by atoms with E-state index in [-0.39, 0.29) is 0 Å². The maximum absolute atomic E-state index is 6.46. The molecule has 3 nitrogen and oxygen atoms in total. The van der Waals surface area contributed by atoms with Crippen molar-refractivity contribution in [2.45, 2.75) is 115 Å². The lowest BCUT2D eigenvalue weighted by atomic mass is 9.98. The van der Waals surface area contributed by atoms with Crippen molar-refractivity contribution < 1.29 is 13.6 Å². The van der Waals surface area contributed by atoms with Crippen LogP contribution < -0.4 is 0 Å². The SMILES string of the molecule is P=P(OC1CCCCC1)(OC1CCCCC1)OC1CCCCC1. The van der Waals surface area contributed by atoms with Gasteiger partial charge in [-0.15, -0.1) is 0 Å². The zero-order valence-electron chi connectivity index (χ0n) is 14.5. The van der Waals surface area contributed by atoms with Crippen LogP contribution in [0.4, 0.5) is 0 Å². The Morgan fingerprint density at radius 2 is 0.739 bits per heavy atom. The summed E-state index contributed by atoms with van der Waals surface area (Å²) in [5.74, 6) is 0. The Balaban J connectivity index is 1.61. The molecular formula is C18H34O3P2. The molecule has 23 heavy (non-hydrogen) atoms. The van der Waals surface area contributed by atoms with Gasteiger partial charge in [0.05, 0.1) is 18.3 Å². The summed E-state index contributed by atoms with van der Waals surface area (Å²) in [6, 6.07) is 0. The first-order chi connectivity index (χ1) is 11.2. The number of hydrogen-bond donors (Lipinski definition) is 0. The van der Waals surface area contributed by atoms with E-state index in [1.165, 1.54) is 57.8 Å². The van der Waals surface area contributed by atoms with Crippen LogP contribution in [0.5, 0.6) is 0 Å². The van der Waals surface area contributed by atoms with E-state index in [4.69, 9.17) is 13.6 Å². The summed E-state index contributed by atoms with van der Waals surface area (Å²) in [6.07, 6.45) is 19.7. The van der Waals surface area contributed by atoms with E-state index in [2.05, 4.69) is 8.53 Å². The molecule has 134 valence electrons. The Hall–Kier alpha value is 0.610. The van der Waals surface area contributed by atoms with Crippen molar-refractivity contribution in [3.8, 4) is 0 Å². The molecular weight excluding hydrogens is 326 g/mol. The van der Waals surface area contributed by atoms with Crippen LogP contribution in [0.3, 0.4) is 0 Å². The van der Waals surface area contributed by atoms with E-state index in [1.807, 2.05) is 0 Å². The Labute approximate surface area is 144 Å². The molecule has 3 aliphatic rings. The average molecular weight is 360 g/mol. The van der Waals surface area contributed by atoms with Crippen molar-refractivity contribution in [3.05, 3.63) is 0 Å². The standard InChI is InChI=1S/C18H34O3P2/c22-23(19-16-10-4-1-5-11-16,20-17-12-6-2-7-13-17)21-18-14-8-3-9-15-18/h16-18,22H,1-15H2. The second-order valence-electron chi connectivity index (χ2n) is 7.59. The van der Waals surface area contributed by atoms with Crippen molar-refractivity contribution >= 4 is 15.8 Å². The monoisotopic (exact) mass is 360 g/mol. The van der Waals surface area contributed by atoms with E-state index in [9.17, 15) is 0 Å². The van der Waals surface area contributed by atoms with Crippen LogP contribution in [0.15, 0.2) is 0 Å². The van der Waals surface area contributed by atoms with Crippen molar-refractivity contribution in [1.82, 2.24) is 0 Å². The fourth-order valence-electron chi connectivity index (χ4n) is 4.17. The average Bonchev–Trinajstić information content (AvgIpc) is 2.57. The molecule has 3 rings (SSSR count). The van der Waals surface area contributed by atoms with Gasteiger partial charge in [-0.2, -0.15) is 0 Å². The lowest BCUT2D eigenvalue weighted by Crippen LogP contribution is -2.23. The summed E-state index contributed by atoms with van der Waals surface area (Å²) in [5.41, 5.74) is 0. The Bertz CT molecular complexity index is 327. The summed E-state index contributed by atoms with van der Waals surface area (Å²) in [6.45, 7) is 0. The molecule has 0 unspecified atom stereocenters. The minimum absolute atomic E-state index is 0.321. The van der Waals surface area contributed by atoms with Gasteiger partial charge in [-0.05, 0) is 47.1 Å². The second-order valence-corrected chi connectivity index (χ2v) is 10.9. The minimum Gasteiger partial charge on any atom is -0.311 e. The van der Waals surface area contributed by atoms with Crippen molar-refractivity contribution in [2.75, 3.05) is 0 Å². The van der Waals surface area contributed by atoms with Gasteiger partial charge in [-0.3, -0.25) is 0 Å². The van der Waals surface area contributed by atoms with Gasteiger partial charge in [-0.1, -0.05) is 57.8 Å². The van der Waals surface area contributed by atoms with Crippen LogP contribution in [0.25, 0.3) is 0 Å². The summed E-state index contributed by atoms with van der Waals surface area (Å²) < 4.78 is 19.4. The molecule has 3 aliphatic carbocycles. The van der Waals surface area contributed by atoms with E-state index in [0.29, 0.717) is 18.3 Å². The zero-order chi connectivity index (χ0) is 16.0. The molecule has 0 aromatic heterocycles. The third kappa shape index (κ3) is 6.12. The van der Waals surface area contributed by atoms with Crippen LogP contribution >= 0.6 is 15.8 Å². The van der Waals surface area contributed by atoms with Gasteiger partial charge < -0.3 is 13.6 Å². The summed E-state index contributed by atoms with van der Waals surface area (Å²) in [7, 11) is 1.53. The summed E-state index contributed by atoms with van der Waals surface area (Å²) >= 11 is 0. The summed E-state index contributed by atoms with van der Waals surface area (Å²) in [4.78, 5) is 0. The van der Waals surface area contributed by atoms with Gasteiger partial charge in [0.15, 0.2) is 0 Å². The predicted molar refractivity (Wildman–Crippen MR) is 99.1 cm³/mol. The Kier molecular flexibility index (Phi) is 7.48. The van der Waals surface area contributed by atoms with Crippen LogP contribution in [-0.2, 0) is 13.6 Å². The van der Waals surface area contributed by atoms with E-state index >= 15 is 0 Å². The molecule has 0 aliphatic heterocycles. The van der Waals surface area contributed by atoms with E-state index in [1.54, 1.807) is 0 Å². The van der Waals surface area contributed by atoms with Crippen LogP contribution in [0.1, 0.15) is 96.3 Å². The van der Waals surface area contributed by atoms with Crippen LogP contribution in [0.2, 0.25) is 0 Å². The third-order valence-corrected chi connectivity index (χ3v) is 8.20. The first-order valence-corrected chi connectivity index (χ1v) is 12.8. The molecule has 0 radical (unpaired) electrons. The van der Waals surface area contributed by atoms with Gasteiger partial charge in [0.2, 0.25) is 0 Å². The topological polar surface area (TPSA) is 27.7 Å². The lowest BCUT2D eigenvalue weighted by Gasteiger charge is -2.36. The van der Waals surface area contributed by atoms with Crippen LogP contribution in [0, 0.1) is 0 Å². The molecule has 0 spiro atoms. The van der Waals surface area contributed by atoms with Gasteiger partial charge in [0, 0.05) is 0 Å².